The maximum Gasteiger partial charge on any atom is 0.188 e. The molecule has 0 fully saturated rings. The van der Waals surface area contributed by atoms with Crippen LogP contribution in [0.3, 0.4) is 0 Å². The highest BCUT2D eigenvalue weighted by molar-refractivity contribution is 8.14. The Hall–Kier alpha value is -0.220. The average molecular weight is 202 g/mol. The fraction of sp³-hybridized carbons (Fsp3) is 0.500. The van der Waals surface area contributed by atoms with Crippen LogP contribution in [-0.2, 0) is 0 Å². The molecule has 2 nitrogen and oxygen atoms in total. The molecule has 68 valence electrons. The van der Waals surface area contributed by atoms with Crippen molar-refractivity contribution >= 4 is 33.7 Å². The fourth-order valence-corrected chi connectivity index (χ4v) is 1.17. The maximum absolute atomic E-state index is 4.29. The van der Waals surface area contributed by atoms with Crippen LogP contribution in [0, 0.1) is 0 Å². The molecule has 0 saturated carbocycles. The van der Waals surface area contributed by atoms with Gasteiger partial charge in [0.25, 0.3) is 0 Å². The lowest BCUT2D eigenvalue weighted by Gasteiger charge is -1.97. The van der Waals surface area contributed by atoms with Crippen molar-refractivity contribution in [1.82, 2.24) is 0 Å². The molecule has 0 aliphatic rings. The van der Waals surface area contributed by atoms with E-state index in [1.807, 2.05) is 26.4 Å². The van der Waals surface area contributed by atoms with Crippen molar-refractivity contribution < 1.29 is 0 Å². The highest BCUT2D eigenvalue weighted by atomic mass is 32.2. The maximum atomic E-state index is 4.29. The van der Waals surface area contributed by atoms with Crippen LogP contribution in [0.5, 0.6) is 0 Å². The topological polar surface area (TPSA) is 24.7 Å². The third-order valence-corrected chi connectivity index (χ3v) is 2.25. The molecule has 0 saturated heterocycles. The Labute approximate surface area is 82.6 Å². The summed E-state index contributed by atoms with van der Waals surface area (Å²) in [7, 11) is 0. The molecule has 0 rings (SSSR count). The highest BCUT2D eigenvalue weighted by Crippen LogP contribution is 2.07. The van der Waals surface area contributed by atoms with E-state index in [0.717, 1.165) is 15.9 Å². The van der Waals surface area contributed by atoms with Crippen LogP contribution >= 0.6 is 23.5 Å². The van der Waals surface area contributed by atoms with Crippen molar-refractivity contribution in [1.29, 1.82) is 0 Å². The molecule has 0 N–H and O–H groups in total. The van der Waals surface area contributed by atoms with E-state index in [-0.39, 0.29) is 0 Å². The molecule has 0 bridgehead atoms. The molecule has 0 spiro atoms. The third-order valence-electron chi connectivity index (χ3n) is 1.02. The van der Waals surface area contributed by atoms with Crippen LogP contribution in [0.15, 0.2) is 22.3 Å². The Morgan fingerprint density at radius 2 is 1.67 bits per heavy atom. The molecule has 4 heteroatoms. The van der Waals surface area contributed by atoms with Gasteiger partial charge in [0, 0.05) is 5.70 Å². The first-order valence-electron chi connectivity index (χ1n) is 3.47. The summed E-state index contributed by atoms with van der Waals surface area (Å²) in [6.45, 7) is 7.53. The zero-order valence-electron chi connectivity index (χ0n) is 7.92. The summed E-state index contributed by atoms with van der Waals surface area (Å²) in [6, 6.07) is 0. The van der Waals surface area contributed by atoms with Crippen molar-refractivity contribution in [2.75, 3.05) is 12.5 Å². The number of thioether (sulfide) groups is 2. The van der Waals surface area contributed by atoms with E-state index in [0.29, 0.717) is 0 Å². The van der Waals surface area contributed by atoms with E-state index in [2.05, 4.69) is 16.6 Å². The molecule has 0 radical (unpaired) electrons. The molecule has 0 atom stereocenters. The van der Waals surface area contributed by atoms with Gasteiger partial charge in [0.2, 0.25) is 0 Å². The molecular weight excluding hydrogens is 188 g/mol. The minimum Gasteiger partial charge on any atom is -0.229 e. The normalized spacial score (nSPS) is 13.3. The van der Waals surface area contributed by atoms with Gasteiger partial charge in [-0.1, -0.05) is 18.3 Å². The number of amidine groups is 1. The van der Waals surface area contributed by atoms with Crippen LogP contribution in [-0.4, -0.2) is 22.7 Å². The van der Waals surface area contributed by atoms with Crippen LogP contribution in [0.1, 0.15) is 13.8 Å². The third kappa shape index (κ3) is 5.43. The van der Waals surface area contributed by atoms with E-state index < -0.39 is 0 Å². The van der Waals surface area contributed by atoms with Gasteiger partial charge in [-0.3, -0.25) is 0 Å². The SMILES string of the molecule is C=C(C)N=C(N=C(C)SC)SC. The van der Waals surface area contributed by atoms with Crippen LogP contribution in [0.2, 0.25) is 0 Å². The number of hydrogen-bond acceptors (Lipinski definition) is 3. The van der Waals surface area contributed by atoms with Crippen molar-refractivity contribution in [2.24, 2.45) is 9.98 Å². The number of nitrogens with zero attached hydrogens (tertiary/aromatic N) is 2. The first-order chi connectivity index (χ1) is 5.60. The van der Waals surface area contributed by atoms with Crippen molar-refractivity contribution in [3.8, 4) is 0 Å². The Morgan fingerprint density at radius 1 is 1.08 bits per heavy atom. The lowest BCUT2D eigenvalue weighted by Crippen LogP contribution is -1.91. The fourth-order valence-electron chi connectivity index (χ4n) is 0.460. The van der Waals surface area contributed by atoms with Crippen LogP contribution in [0.25, 0.3) is 0 Å². The Morgan fingerprint density at radius 3 is 2.00 bits per heavy atom. The zero-order chi connectivity index (χ0) is 9.56. The average Bonchev–Trinajstić information content (AvgIpc) is 2.02. The van der Waals surface area contributed by atoms with E-state index in [1.54, 1.807) is 11.8 Å². The molecule has 0 aromatic rings. The van der Waals surface area contributed by atoms with Crippen LogP contribution in [0.4, 0.5) is 0 Å². The Bertz CT molecular complexity index is 219. The van der Waals surface area contributed by atoms with Gasteiger partial charge in [0.1, 0.15) is 0 Å². The lowest BCUT2D eigenvalue weighted by molar-refractivity contribution is 1.32. The van der Waals surface area contributed by atoms with Crippen LogP contribution < -0.4 is 0 Å². The molecule has 0 amide bonds. The standard InChI is InChI=1S/C8H14N2S2/c1-6(2)9-8(12-5)10-7(3)11-4/h1H2,2-5H3. The summed E-state index contributed by atoms with van der Waals surface area (Å²) in [5, 5.41) is 1.79. The smallest absolute Gasteiger partial charge is 0.188 e. The molecule has 0 aliphatic heterocycles. The van der Waals surface area contributed by atoms with Gasteiger partial charge in [-0.2, -0.15) is 0 Å². The van der Waals surface area contributed by atoms with E-state index in [9.17, 15) is 0 Å². The second-order valence-electron chi connectivity index (χ2n) is 2.17. The van der Waals surface area contributed by atoms with E-state index >= 15 is 0 Å². The number of aliphatic imine (C=N–C) groups is 2. The number of allylic oxidation sites excluding steroid dienone is 1. The Kier molecular flexibility index (Phi) is 6.20. The molecule has 0 aliphatic carbocycles. The minimum atomic E-state index is 0.773. The van der Waals surface area contributed by atoms with Crippen molar-refractivity contribution in [2.45, 2.75) is 13.8 Å². The molecule has 12 heavy (non-hydrogen) atoms. The van der Waals surface area contributed by atoms with Gasteiger partial charge in [0.15, 0.2) is 5.17 Å². The van der Waals surface area contributed by atoms with E-state index in [1.165, 1.54) is 11.8 Å². The molecule has 0 aromatic carbocycles. The number of hydrogen-bond donors (Lipinski definition) is 0. The molecule has 0 heterocycles. The summed E-state index contributed by atoms with van der Waals surface area (Å²) < 4.78 is 0. The summed E-state index contributed by atoms with van der Waals surface area (Å²) in [5.41, 5.74) is 0.789. The summed E-state index contributed by atoms with van der Waals surface area (Å²) in [4.78, 5) is 8.45. The van der Waals surface area contributed by atoms with Crippen molar-refractivity contribution in [3.63, 3.8) is 0 Å². The second kappa shape index (κ2) is 6.31. The van der Waals surface area contributed by atoms with Gasteiger partial charge in [-0.25, -0.2) is 9.98 Å². The zero-order valence-corrected chi connectivity index (χ0v) is 9.55. The summed E-state index contributed by atoms with van der Waals surface area (Å²) in [6.07, 6.45) is 3.95. The van der Waals surface area contributed by atoms with Gasteiger partial charge in [-0.15, -0.1) is 11.8 Å². The second-order valence-corrected chi connectivity index (χ2v) is 3.94. The van der Waals surface area contributed by atoms with Gasteiger partial charge in [-0.05, 0) is 26.4 Å². The van der Waals surface area contributed by atoms with Gasteiger partial charge in [0.05, 0.1) is 5.04 Å². The largest absolute Gasteiger partial charge is 0.229 e. The minimum absolute atomic E-state index is 0.773. The highest BCUT2D eigenvalue weighted by Gasteiger charge is 1.94. The number of rotatable bonds is 1. The van der Waals surface area contributed by atoms with Crippen molar-refractivity contribution in [3.05, 3.63) is 12.3 Å². The Balaban J connectivity index is 4.47. The predicted octanol–water partition coefficient (Wildman–Crippen LogP) is 3.02. The molecular formula is C8H14N2S2. The summed E-state index contributed by atoms with van der Waals surface area (Å²) >= 11 is 3.15. The first kappa shape index (κ1) is 11.8. The lowest BCUT2D eigenvalue weighted by atomic mass is 10.6. The predicted molar refractivity (Wildman–Crippen MR) is 62.4 cm³/mol. The van der Waals surface area contributed by atoms with Gasteiger partial charge >= 0.3 is 0 Å². The monoisotopic (exact) mass is 202 g/mol. The summed E-state index contributed by atoms with van der Waals surface area (Å²) in [5.74, 6) is 0. The van der Waals surface area contributed by atoms with E-state index in [4.69, 9.17) is 0 Å². The first-order valence-corrected chi connectivity index (χ1v) is 5.92. The molecule has 0 unspecified atom stereocenters. The van der Waals surface area contributed by atoms with Gasteiger partial charge < -0.3 is 0 Å². The molecule has 0 aromatic heterocycles. The quantitative estimate of drug-likeness (QED) is 0.482.